The molecule has 0 spiro atoms. The molecule has 0 aliphatic heterocycles. The van der Waals surface area contributed by atoms with Gasteiger partial charge in [0.25, 0.3) is 0 Å². The van der Waals surface area contributed by atoms with Gasteiger partial charge in [0.2, 0.25) is 0 Å². The number of unbranched alkanes of at least 4 members (excludes halogenated alkanes) is 10. The predicted octanol–water partition coefficient (Wildman–Crippen LogP) is 6.46. The van der Waals surface area contributed by atoms with Gasteiger partial charge in [-0.05, 0) is 31.3 Å². The normalized spacial score (nSPS) is 12.9. The van der Waals surface area contributed by atoms with Crippen molar-refractivity contribution in [1.29, 1.82) is 0 Å². The first-order chi connectivity index (χ1) is 10.8. The van der Waals surface area contributed by atoms with Crippen molar-refractivity contribution >= 4 is 0 Å². The highest BCUT2D eigenvalue weighted by Gasteiger charge is 1.97. The summed E-state index contributed by atoms with van der Waals surface area (Å²) in [4.78, 5) is 0. The average Bonchev–Trinajstić information content (AvgIpc) is 2.54. The lowest BCUT2D eigenvalue weighted by molar-refractivity contribution is 0.282. The third-order valence-corrected chi connectivity index (χ3v) is 4.18. The Morgan fingerprint density at radius 3 is 1.68 bits per heavy atom. The molecule has 22 heavy (non-hydrogen) atoms. The average molecular weight is 311 g/mol. The Morgan fingerprint density at radius 1 is 0.727 bits per heavy atom. The molecule has 0 amide bonds. The highest BCUT2D eigenvalue weighted by Crippen LogP contribution is 2.14. The highest BCUT2D eigenvalue weighted by atomic mass is 16.3. The molecule has 2 nitrogen and oxygen atoms in total. The SMILES string of the molecule is CCC(O)=C(C=CCCCCCCCCCCCCO)CC. The molecule has 0 atom stereocenters. The van der Waals surface area contributed by atoms with Crippen LogP contribution < -0.4 is 0 Å². The van der Waals surface area contributed by atoms with Crippen LogP contribution in [0, 0.1) is 0 Å². The van der Waals surface area contributed by atoms with Gasteiger partial charge >= 0.3 is 0 Å². The summed E-state index contributed by atoms with van der Waals surface area (Å²) in [7, 11) is 0. The van der Waals surface area contributed by atoms with Crippen LogP contribution in [0.2, 0.25) is 0 Å². The third-order valence-electron chi connectivity index (χ3n) is 4.18. The van der Waals surface area contributed by atoms with Crippen LogP contribution in [0.15, 0.2) is 23.5 Å². The van der Waals surface area contributed by atoms with E-state index < -0.39 is 0 Å². The number of allylic oxidation sites excluding steroid dienone is 4. The minimum atomic E-state index is 0.349. The lowest BCUT2D eigenvalue weighted by atomic mass is 10.1. The number of hydrogen-bond donors (Lipinski definition) is 2. The Labute approximate surface area is 138 Å². The predicted molar refractivity (Wildman–Crippen MR) is 97.2 cm³/mol. The van der Waals surface area contributed by atoms with Gasteiger partial charge in [-0.3, -0.25) is 0 Å². The van der Waals surface area contributed by atoms with Crippen molar-refractivity contribution in [2.24, 2.45) is 0 Å². The fraction of sp³-hybridized carbons (Fsp3) is 0.800. The molecule has 2 N–H and O–H groups in total. The van der Waals surface area contributed by atoms with Crippen LogP contribution in [0.1, 0.15) is 97.3 Å². The molecule has 0 fully saturated rings. The Morgan fingerprint density at radius 2 is 1.23 bits per heavy atom. The summed E-state index contributed by atoms with van der Waals surface area (Å²) >= 11 is 0. The maximum Gasteiger partial charge on any atom is 0.0951 e. The van der Waals surface area contributed by atoms with Crippen LogP contribution in [-0.2, 0) is 0 Å². The van der Waals surface area contributed by atoms with Gasteiger partial charge in [0, 0.05) is 13.0 Å². The van der Waals surface area contributed by atoms with E-state index in [-0.39, 0.29) is 0 Å². The van der Waals surface area contributed by atoms with Crippen LogP contribution >= 0.6 is 0 Å². The van der Waals surface area contributed by atoms with Gasteiger partial charge in [0.05, 0.1) is 5.76 Å². The van der Waals surface area contributed by atoms with Crippen LogP contribution in [0.3, 0.4) is 0 Å². The molecular weight excluding hydrogens is 272 g/mol. The third kappa shape index (κ3) is 12.9. The zero-order valence-corrected chi connectivity index (χ0v) is 14.9. The van der Waals surface area contributed by atoms with E-state index in [0.29, 0.717) is 12.4 Å². The first-order valence-corrected chi connectivity index (χ1v) is 9.44. The standard InChI is InChI=1S/C20H38O2/c1-3-19(20(22)4-2)17-15-13-11-9-7-5-6-8-10-12-14-16-18-21/h15,17,21-22H,3-14,16,18H2,1-2H3. The molecule has 0 radical (unpaired) electrons. The Kier molecular flexibility index (Phi) is 16.0. The lowest BCUT2D eigenvalue weighted by Crippen LogP contribution is -1.86. The lowest BCUT2D eigenvalue weighted by Gasteiger charge is -2.03. The molecule has 2 heteroatoms. The van der Waals surface area contributed by atoms with Gasteiger partial charge in [-0.25, -0.2) is 0 Å². The van der Waals surface area contributed by atoms with Crippen molar-refractivity contribution < 1.29 is 10.2 Å². The van der Waals surface area contributed by atoms with Crippen LogP contribution in [0.25, 0.3) is 0 Å². The van der Waals surface area contributed by atoms with E-state index in [2.05, 4.69) is 19.1 Å². The second-order valence-corrected chi connectivity index (χ2v) is 6.13. The van der Waals surface area contributed by atoms with E-state index in [1.165, 1.54) is 57.8 Å². The van der Waals surface area contributed by atoms with E-state index in [1.807, 2.05) is 6.92 Å². The molecule has 0 saturated carbocycles. The number of aliphatic hydroxyl groups excluding tert-OH is 2. The van der Waals surface area contributed by atoms with Gasteiger partial charge in [-0.1, -0.05) is 77.4 Å². The van der Waals surface area contributed by atoms with E-state index in [1.54, 1.807) is 0 Å². The summed E-state index contributed by atoms with van der Waals surface area (Å²) in [5, 5.41) is 18.4. The first-order valence-electron chi connectivity index (χ1n) is 9.44. The molecule has 0 bridgehead atoms. The van der Waals surface area contributed by atoms with Crippen LogP contribution in [0.4, 0.5) is 0 Å². The highest BCUT2D eigenvalue weighted by molar-refractivity contribution is 5.21. The Hall–Kier alpha value is -0.760. The smallest absolute Gasteiger partial charge is 0.0951 e. The van der Waals surface area contributed by atoms with Crippen LogP contribution in [0.5, 0.6) is 0 Å². The van der Waals surface area contributed by atoms with E-state index >= 15 is 0 Å². The minimum absolute atomic E-state index is 0.349. The Bertz CT molecular complexity index is 292. The van der Waals surface area contributed by atoms with Crippen molar-refractivity contribution in [2.45, 2.75) is 97.3 Å². The maximum atomic E-state index is 9.72. The summed E-state index contributed by atoms with van der Waals surface area (Å²) in [5.74, 6) is 0.540. The molecule has 0 unspecified atom stereocenters. The summed E-state index contributed by atoms with van der Waals surface area (Å²) in [5.41, 5.74) is 1.09. The number of rotatable bonds is 15. The molecule has 0 aliphatic rings. The number of aliphatic hydroxyl groups is 2. The summed E-state index contributed by atoms with van der Waals surface area (Å²) in [6.07, 6.45) is 19.9. The van der Waals surface area contributed by atoms with Crippen molar-refractivity contribution in [2.75, 3.05) is 6.61 Å². The molecule has 0 aromatic rings. The van der Waals surface area contributed by atoms with Gasteiger partial charge in [-0.2, -0.15) is 0 Å². The Balaban J connectivity index is 3.40. The van der Waals surface area contributed by atoms with Crippen molar-refractivity contribution in [3.05, 3.63) is 23.5 Å². The molecule has 0 aliphatic carbocycles. The first kappa shape index (κ1) is 21.2. The quantitative estimate of drug-likeness (QED) is 0.207. The zero-order chi connectivity index (χ0) is 16.5. The monoisotopic (exact) mass is 310 g/mol. The minimum Gasteiger partial charge on any atom is -0.512 e. The van der Waals surface area contributed by atoms with Gasteiger partial charge in [0.1, 0.15) is 0 Å². The van der Waals surface area contributed by atoms with Gasteiger partial charge in [0.15, 0.2) is 0 Å². The van der Waals surface area contributed by atoms with E-state index in [9.17, 15) is 5.11 Å². The van der Waals surface area contributed by atoms with Crippen molar-refractivity contribution in [1.82, 2.24) is 0 Å². The summed E-state index contributed by atoms with van der Waals surface area (Å²) in [6.45, 7) is 4.43. The fourth-order valence-electron chi connectivity index (χ4n) is 2.66. The fourth-order valence-corrected chi connectivity index (χ4v) is 2.66. The maximum absolute atomic E-state index is 9.72. The molecular formula is C20H38O2. The van der Waals surface area contributed by atoms with E-state index in [4.69, 9.17) is 5.11 Å². The molecule has 0 aromatic carbocycles. The van der Waals surface area contributed by atoms with Crippen molar-refractivity contribution in [3.8, 4) is 0 Å². The zero-order valence-electron chi connectivity index (χ0n) is 14.9. The largest absolute Gasteiger partial charge is 0.512 e. The van der Waals surface area contributed by atoms with E-state index in [0.717, 1.165) is 31.3 Å². The topological polar surface area (TPSA) is 40.5 Å². The van der Waals surface area contributed by atoms with Gasteiger partial charge < -0.3 is 10.2 Å². The second kappa shape index (κ2) is 16.6. The summed E-state index contributed by atoms with van der Waals surface area (Å²) in [6, 6.07) is 0. The van der Waals surface area contributed by atoms with Crippen LogP contribution in [-0.4, -0.2) is 16.8 Å². The molecule has 0 aromatic heterocycles. The molecule has 0 rings (SSSR count). The second-order valence-electron chi connectivity index (χ2n) is 6.13. The molecule has 0 heterocycles. The number of hydrogen-bond acceptors (Lipinski definition) is 2. The van der Waals surface area contributed by atoms with Crippen molar-refractivity contribution in [3.63, 3.8) is 0 Å². The summed E-state index contributed by atoms with van der Waals surface area (Å²) < 4.78 is 0. The van der Waals surface area contributed by atoms with Gasteiger partial charge in [-0.15, -0.1) is 0 Å². The molecule has 0 saturated heterocycles. The molecule has 130 valence electrons.